The summed E-state index contributed by atoms with van der Waals surface area (Å²) < 4.78 is 0. The molecule has 2 amide bonds. The van der Waals surface area contributed by atoms with E-state index in [9.17, 15) is 19.5 Å². The van der Waals surface area contributed by atoms with Crippen LogP contribution in [0.15, 0.2) is 28.7 Å². The number of amides is 2. The Kier molecular flexibility index (Phi) is 4.97. The van der Waals surface area contributed by atoms with Gasteiger partial charge in [-0.05, 0) is 38.1 Å². The third-order valence-corrected chi connectivity index (χ3v) is 4.83. The highest BCUT2D eigenvalue weighted by Crippen LogP contribution is 2.34. The molecule has 1 aromatic heterocycles. The second-order valence-electron chi connectivity index (χ2n) is 5.44. The van der Waals surface area contributed by atoms with Crippen molar-refractivity contribution in [1.29, 1.82) is 0 Å². The molecule has 6 nitrogen and oxygen atoms in total. The summed E-state index contributed by atoms with van der Waals surface area (Å²) in [5.74, 6) is -3.30. The number of hydrogen-bond acceptors (Lipinski definition) is 4. The van der Waals surface area contributed by atoms with Gasteiger partial charge in [-0.2, -0.15) is 0 Å². The van der Waals surface area contributed by atoms with Crippen LogP contribution in [0.3, 0.4) is 0 Å². The van der Waals surface area contributed by atoms with E-state index in [-0.39, 0.29) is 0 Å². The maximum absolute atomic E-state index is 12.2. The molecule has 118 valence electrons. The first-order valence-corrected chi connectivity index (χ1v) is 7.80. The Morgan fingerprint density at radius 3 is 2.32 bits per heavy atom. The largest absolute Gasteiger partial charge is 0.481 e. The molecule has 0 fully saturated rings. The molecule has 2 atom stereocenters. The lowest BCUT2D eigenvalue weighted by atomic mass is 9.76. The molecule has 1 aliphatic rings. The highest BCUT2D eigenvalue weighted by atomic mass is 32.1. The standard InChI is InChI=1S/C15H18N2O4S/c1-8-6-10(11(15(20)21)7-9(8)2)13(18)16-17-14(19)12-4-3-5-22-12/h3-5,10-11H,6-7H2,1-2H3,(H,16,18)(H,17,19)(H,20,21)/t10-,11-/m0/s1. The van der Waals surface area contributed by atoms with Gasteiger partial charge in [0.15, 0.2) is 0 Å². The maximum Gasteiger partial charge on any atom is 0.307 e. The first kappa shape index (κ1) is 16.2. The lowest BCUT2D eigenvalue weighted by Gasteiger charge is -2.29. The number of allylic oxidation sites excluding steroid dienone is 2. The quantitative estimate of drug-likeness (QED) is 0.585. The van der Waals surface area contributed by atoms with Crippen LogP contribution in [0.25, 0.3) is 0 Å². The Bertz CT molecular complexity index is 621. The van der Waals surface area contributed by atoms with Crippen LogP contribution in [-0.4, -0.2) is 22.9 Å². The zero-order chi connectivity index (χ0) is 16.3. The molecule has 0 spiro atoms. The number of carbonyl (C=O) groups excluding carboxylic acids is 2. The van der Waals surface area contributed by atoms with E-state index in [0.717, 1.165) is 11.1 Å². The van der Waals surface area contributed by atoms with Crippen molar-refractivity contribution in [3.05, 3.63) is 33.5 Å². The Hall–Kier alpha value is -2.15. The van der Waals surface area contributed by atoms with E-state index in [0.29, 0.717) is 17.7 Å². The molecule has 0 bridgehead atoms. The van der Waals surface area contributed by atoms with Gasteiger partial charge in [0, 0.05) is 0 Å². The van der Waals surface area contributed by atoms with Crippen LogP contribution in [0.2, 0.25) is 0 Å². The summed E-state index contributed by atoms with van der Waals surface area (Å²) in [7, 11) is 0. The molecule has 0 radical (unpaired) electrons. The Balaban J connectivity index is 2.01. The number of hydrazine groups is 1. The monoisotopic (exact) mass is 322 g/mol. The first-order chi connectivity index (χ1) is 10.4. The Morgan fingerprint density at radius 1 is 1.14 bits per heavy atom. The van der Waals surface area contributed by atoms with E-state index < -0.39 is 29.6 Å². The fraction of sp³-hybridized carbons (Fsp3) is 0.400. The number of hydrogen-bond donors (Lipinski definition) is 3. The van der Waals surface area contributed by atoms with E-state index in [2.05, 4.69) is 10.9 Å². The molecule has 1 aromatic rings. The summed E-state index contributed by atoms with van der Waals surface area (Å²) in [4.78, 5) is 35.9. The molecular weight excluding hydrogens is 304 g/mol. The van der Waals surface area contributed by atoms with E-state index in [1.165, 1.54) is 11.3 Å². The molecule has 0 saturated carbocycles. The van der Waals surface area contributed by atoms with Crippen molar-refractivity contribution < 1.29 is 19.5 Å². The smallest absolute Gasteiger partial charge is 0.307 e. The summed E-state index contributed by atoms with van der Waals surface area (Å²) in [5.41, 5.74) is 6.72. The molecule has 7 heteroatoms. The van der Waals surface area contributed by atoms with Gasteiger partial charge in [0.25, 0.3) is 5.91 Å². The van der Waals surface area contributed by atoms with Crippen LogP contribution < -0.4 is 10.9 Å². The van der Waals surface area contributed by atoms with Crippen molar-refractivity contribution in [2.45, 2.75) is 26.7 Å². The summed E-state index contributed by atoms with van der Waals surface area (Å²) in [6, 6.07) is 3.38. The minimum absolute atomic E-state index is 0.359. The Labute approximate surface area is 132 Å². The lowest BCUT2D eigenvalue weighted by Crippen LogP contribution is -2.47. The third kappa shape index (κ3) is 3.54. The van der Waals surface area contributed by atoms with Crippen molar-refractivity contribution in [1.82, 2.24) is 10.9 Å². The number of rotatable bonds is 3. The molecule has 0 aliphatic heterocycles. The van der Waals surface area contributed by atoms with E-state index in [4.69, 9.17) is 0 Å². The second kappa shape index (κ2) is 6.74. The van der Waals surface area contributed by atoms with Gasteiger partial charge in [0.2, 0.25) is 5.91 Å². The van der Waals surface area contributed by atoms with E-state index in [1.54, 1.807) is 17.5 Å². The zero-order valence-corrected chi connectivity index (χ0v) is 13.2. The molecule has 0 saturated heterocycles. The summed E-state index contributed by atoms with van der Waals surface area (Å²) in [6.07, 6.45) is 0.752. The highest BCUT2D eigenvalue weighted by molar-refractivity contribution is 7.12. The zero-order valence-electron chi connectivity index (χ0n) is 12.4. The van der Waals surface area contributed by atoms with Crippen LogP contribution in [0.1, 0.15) is 36.4 Å². The molecule has 2 rings (SSSR count). The van der Waals surface area contributed by atoms with Crippen LogP contribution in [-0.2, 0) is 9.59 Å². The minimum Gasteiger partial charge on any atom is -0.481 e. The average molecular weight is 322 g/mol. The lowest BCUT2D eigenvalue weighted by molar-refractivity contribution is -0.147. The molecule has 1 aliphatic carbocycles. The van der Waals surface area contributed by atoms with Crippen molar-refractivity contribution in [2.24, 2.45) is 11.8 Å². The van der Waals surface area contributed by atoms with Gasteiger partial charge in [-0.15, -0.1) is 11.3 Å². The van der Waals surface area contributed by atoms with Gasteiger partial charge in [-0.3, -0.25) is 25.2 Å². The molecule has 1 heterocycles. The topological polar surface area (TPSA) is 95.5 Å². The number of nitrogens with one attached hydrogen (secondary N) is 2. The third-order valence-electron chi connectivity index (χ3n) is 3.96. The van der Waals surface area contributed by atoms with Crippen LogP contribution >= 0.6 is 11.3 Å². The van der Waals surface area contributed by atoms with Crippen molar-refractivity contribution in [2.75, 3.05) is 0 Å². The fourth-order valence-corrected chi connectivity index (χ4v) is 3.13. The Morgan fingerprint density at radius 2 is 1.77 bits per heavy atom. The summed E-state index contributed by atoms with van der Waals surface area (Å²) in [6.45, 7) is 3.79. The number of carbonyl (C=O) groups is 3. The number of carboxylic acid groups (broad SMARTS) is 1. The number of thiophene rings is 1. The van der Waals surface area contributed by atoms with Gasteiger partial charge in [0.1, 0.15) is 0 Å². The van der Waals surface area contributed by atoms with E-state index in [1.807, 2.05) is 13.8 Å². The second-order valence-corrected chi connectivity index (χ2v) is 6.39. The highest BCUT2D eigenvalue weighted by Gasteiger charge is 2.37. The molecule has 0 unspecified atom stereocenters. The fourth-order valence-electron chi connectivity index (χ4n) is 2.51. The minimum atomic E-state index is -0.989. The van der Waals surface area contributed by atoms with Crippen LogP contribution in [0.4, 0.5) is 0 Å². The predicted octanol–water partition coefficient (Wildman–Crippen LogP) is 1.96. The van der Waals surface area contributed by atoms with Crippen molar-refractivity contribution in [3.8, 4) is 0 Å². The van der Waals surface area contributed by atoms with Gasteiger partial charge >= 0.3 is 5.97 Å². The summed E-state index contributed by atoms with van der Waals surface area (Å²) >= 11 is 1.26. The first-order valence-electron chi connectivity index (χ1n) is 6.92. The van der Waals surface area contributed by atoms with Gasteiger partial charge in [0.05, 0.1) is 16.7 Å². The SMILES string of the molecule is CC1=C(C)C[C@H](C(=O)NNC(=O)c2cccs2)[C@@H](C(=O)O)C1. The molecule has 3 N–H and O–H groups in total. The van der Waals surface area contributed by atoms with Crippen LogP contribution in [0, 0.1) is 11.8 Å². The molecule has 0 aromatic carbocycles. The van der Waals surface area contributed by atoms with E-state index >= 15 is 0 Å². The maximum atomic E-state index is 12.2. The van der Waals surface area contributed by atoms with Crippen LogP contribution in [0.5, 0.6) is 0 Å². The molecule has 22 heavy (non-hydrogen) atoms. The average Bonchev–Trinajstić information content (AvgIpc) is 3.00. The summed E-state index contributed by atoms with van der Waals surface area (Å²) in [5, 5.41) is 11.1. The van der Waals surface area contributed by atoms with Gasteiger partial charge < -0.3 is 5.11 Å². The predicted molar refractivity (Wildman–Crippen MR) is 82.2 cm³/mol. The molecular formula is C15H18N2O4S. The van der Waals surface area contributed by atoms with Gasteiger partial charge in [-0.25, -0.2) is 0 Å². The van der Waals surface area contributed by atoms with Crippen molar-refractivity contribution >= 4 is 29.1 Å². The number of carboxylic acids is 1. The van der Waals surface area contributed by atoms with Crippen molar-refractivity contribution in [3.63, 3.8) is 0 Å². The normalized spacial score (nSPS) is 21.4. The van der Waals surface area contributed by atoms with Gasteiger partial charge in [-0.1, -0.05) is 17.2 Å². The number of aliphatic carboxylic acids is 1.